The van der Waals surface area contributed by atoms with E-state index in [0.717, 1.165) is 38.5 Å². The van der Waals surface area contributed by atoms with Crippen LogP contribution in [0.1, 0.15) is 206 Å². The average Bonchev–Trinajstić information content (AvgIpc) is 3.12. The number of rotatable bonds is 41. The number of allylic oxidation sites excluding steroid dienone is 3. The second kappa shape index (κ2) is 37.6. The molecule has 0 aliphatic rings. The number of amides is 1. The molecule has 1 unspecified atom stereocenters. The van der Waals surface area contributed by atoms with E-state index in [4.69, 9.17) is 9.05 Å². The van der Waals surface area contributed by atoms with E-state index >= 15 is 0 Å². The SMILES string of the molecule is CCCCC/C=C/CC/C=C/[C@@H](O)[C@H](COP(=O)([O-])OCC[N+](C)(C)C)NC(=O)CCCCCCCCCCCCCCCCCCCCCCCCC. The average molecular weight is 785 g/mol. The Morgan fingerprint density at radius 1 is 0.630 bits per heavy atom. The zero-order valence-corrected chi connectivity index (χ0v) is 37.1. The normalized spacial score (nSPS) is 14.6. The first-order valence-electron chi connectivity index (χ1n) is 22.7. The molecule has 0 aliphatic heterocycles. The molecular formula is C45H89N2O6P. The van der Waals surface area contributed by atoms with E-state index in [9.17, 15) is 19.4 Å². The van der Waals surface area contributed by atoms with Gasteiger partial charge in [-0.15, -0.1) is 0 Å². The number of carbonyl (C=O) groups is 1. The van der Waals surface area contributed by atoms with E-state index in [0.29, 0.717) is 17.4 Å². The molecule has 0 aliphatic carbocycles. The number of likely N-dealkylation sites (N-methyl/N-ethyl adjacent to an activating group) is 1. The molecule has 0 aromatic heterocycles. The van der Waals surface area contributed by atoms with Crippen LogP contribution in [-0.4, -0.2) is 68.5 Å². The van der Waals surface area contributed by atoms with Crippen molar-refractivity contribution in [3.8, 4) is 0 Å². The molecule has 3 atom stereocenters. The fraction of sp³-hybridized carbons (Fsp3) is 0.889. The van der Waals surface area contributed by atoms with Gasteiger partial charge in [0, 0.05) is 6.42 Å². The topological polar surface area (TPSA) is 108 Å². The first kappa shape index (κ1) is 53.0. The van der Waals surface area contributed by atoms with E-state index in [1.165, 1.54) is 148 Å². The molecule has 0 heterocycles. The van der Waals surface area contributed by atoms with Crippen LogP contribution in [0.3, 0.4) is 0 Å². The highest BCUT2D eigenvalue weighted by Crippen LogP contribution is 2.38. The van der Waals surface area contributed by atoms with Gasteiger partial charge in [0.25, 0.3) is 7.82 Å². The van der Waals surface area contributed by atoms with Crippen molar-refractivity contribution in [1.82, 2.24) is 5.32 Å². The van der Waals surface area contributed by atoms with Crippen LogP contribution in [0.2, 0.25) is 0 Å². The summed E-state index contributed by atoms with van der Waals surface area (Å²) in [7, 11) is 1.25. The monoisotopic (exact) mass is 785 g/mol. The minimum Gasteiger partial charge on any atom is -0.756 e. The second-order valence-electron chi connectivity index (χ2n) is 16.8. The summed E-state index contributed by atoms with van der Waals surface area (Å²) >= 11 is 0. The number of nitrogens with zero attached hydrogens (tertiary/aromatic N) is 1. The Bertz CT molecular complexity index is 938. The van der Waals surface area contributed by atoms with Gasteiger partial charge < -0.3 is 28.8 Å². The maximum absolute atomic E-state index is 12.8. The summed E-state index contributed by atoms with van der Waals surface area (Å²) in [5.41, 5.74) is 0. The van der Waals surface area contributed by atoms with E-state index in [-0.39, 0.29) is 19.1 Å². The van der Waals surface area contributed by atoms with Gasteiger partial charge in [-0.3, -0.25) is 9.36 Å². The second-order valence-corrected chi connectivity index (χ2v) is 18.2. The maximum Gasteiger partial charge on any atom is 0.268 e. The van der Waals surface area contributed by atoms with Crippen LogP contribution in [-0.2, 0) is 18.4 Å². The van der Waals surface area contributed by atoms with Crippen molar-refractivity contribution >= 4 is 13.7 Å². The summed E-state index contributed by atoms with van der Waals surface area (Å²) in [6, 6.07) is -0.896. The molecule has 0 saturated carbocycles. The summed E-state index contributed by atoms with van der Waals surface area (Å²) in [6.45, 7) is 4.58. The van der Waals surface area contributed by atoms with Gasteiger partial charge in [0.05, 0.1) is 39.9 Å². The minimum absolute atomic E-state index is 0.00470. The number of hydrogen-bond donors (Lipinski definition) is 2. The first-order chi connectivity index (χ1) is 26.0. The molecule has 320 valence electrons. The Kier molecular flexibility index (Phi) is 36.8. The summed E-state index contributed by atoms with van der Waals surface area (Å²) in [5, 5.41) is 13.7. The minimum atomic E-state index is -4.58. The quantitative estimate of drug-likeness (QED) is 0.0277. The van der Waals surface area contributed by atoms with Gasteiger partial charge in [-0.05, 0) is 32.1 Å². The molecule has 0 radical (unpaired) electrons. The van der Waals surface area contributed by atoms with Crippen molar-refractivity contribution in [3.63, 3.8) is 0 Å². The maximum atomic E-state index is 12.8. The molecule has 9 heteroatoms. The Balaban J connectivity index is 4.17. The van der Waals surface area contributed by atoms with E-state index in [1.807, 2.05) is 27.2 Å². The number of nitrogens with one attached hydrogen (secondary N) is 1. The molecule has 0 saturated heterocycles. The fourth-order valence-corrected chi connectivity index (χ4v) is 7.24. The molecule has 0 aromatic carbocycles. The lowest BCUT2D eigenvalue weighted by molar-refractivity contribution is -0.870. The molecule has 54 heavy (non-hydrogen) atoms. The Morgan fingerprint density at radius 2 is 1.04 bits per heavy atom. The van der Waals surface area contributed by atoms with Gasteiger partial charge in [0.1, 0.15) is 13.2 Å². The lowest BCUT2D eigenvalue weighted by atomic mass is 10.0. The van der Waals surface area contributed by atoms with E-state index in [2.05, 4.69) is 31.3 Å². The molecular weight excluding hydrogens is 695 g/mol. The fourth-order valence-electron chi connectivity index (χ4n) is 6.52. The van der Waals surface area contributed by atoms with Gasteiger partial charge in [-0.2, -0.15) is 0 Å². The van der Waals surface area contributed by atoms with Crippen LogP contribution in [0, 0.1) is 0 Å². The number of phosphoric ester groups is 1. The molecule has 8 nitrogen and oxygen atoms in total. The Labute approximate surface area is 334 Å². The largest absolute Gasteiger partial charge is 0.756 e. The summed E-state index contributed by atoms with van der Waals surface area (Å²) < 4.78 is 23.1. The standard InChI is InChI=1S/C45H89N2O6P/c1-6-8-10-12-14-16-17-18-19-20-21-22-23-24-25-26-27-28-29-31-33-35-37-39-45(49)46-43(42-53-54(50,51)52-41-40-47(3,4)5)44(48)38-36-34-32-30-15-13-11-9-7-2/h15,30,36,38,43-44,48H,6-14,16-29,31-35,37,39-42H2,1-5H3,(H-,46,49,50,51)/b30-15+,38-36+/t43-,44+/m0/s1. The lowest BCUT2D eigenvalue weighted by Gasteiger charge is -2.29. The van der Waals surface area contributed by atoms with Crippen LogP contribution in [0.5, 0.6) is 0 Å². The third-order valence-corrected chi connectivity index (χ3v) is 11.1. The third kappa shape index (κ3) is 39.2. The highest BCUT2D eigenvalue weighted by Gasteiger charge is 2.23. The van der Waals surface area contributed by atoms with Crippen LogP contribution >= 0.6 is 7.82 Å². The summed E-state index contributed by atoms with van der Waals surface area (Å²) in [4.78, 5) is 25.2. The van der Waals surface area contributed by atoms with Crippen molar-refractivity contribution < 1.29 is 32.9 Å². The van der Waals surface area contributed by atoms with Gasteiger partial charge >= 0.3 is 0 Å². The van der Waals surface area contributed by atoms with Crippen LogP contribution < -0.4 is 10.2 Å². The predicted octanol–water partition coefficient (Wildman–Crippen LogP) is 11.9. The van der Waals surface area contributed by atoms with Crippen molar-refractivity contribution in [2.75, 3.05) is 40.9 Å². The van der Waals surface area contributed by atoms with Crippen molar-refractivity contribution in [2.45, 2.75) is 219 Å². The zero-order chi connectivity index (χ0) is 40.0. The number of carbonyl (C=O) groups excluding carboxylic acids is 1. The predicted molar refractivity (Wildman–Crippen MR) is 228 cm³/mol. The van der Waals surface area contributed by atoms with E-state index < -0.39 is 20.0 Å². The molecule has 2 N–H and O–H groups in total. The number of quaternary nitrogens is 1. The van der Waals surface area contributed by atoms with Crippen molar-refractivity contribution in [2.24, 2.45) is 0 Å². The number of unbranched alkanes of at least 4 members (excludes halogenated alkanes) is 26. The smallest absolute Gasteiger partial charge is 0.268 e. The van der Waals surface area contributed by atoms with Gasteiger partial charge in [-0.1, -0.05) is 192 Å². The Hall–Kier alpha value is -1.02. The molecule has 0 bridgehead atoms. The van der Waals surface area contributed by atoms with Crippen molar-refractivity contribution in [3.05, 3.63) is 24.3 Å². The van der Waals surface area contributed by atoms with Gasteiger partial charge in [0.2, 0.25) is 5.91 Å². The van der Waals surface area contributed by atoms with E-state index in [1.54, 1.807) is 6.08 Å². The lowest BCUT2D eigenvalue weighted by Crippen LogP contribution is -2.45. The molecule has 0 aromatic rings. The summed E-state index contributed by atoms with van der Waals surface area (Å²) in [6.07, 6.45) is 43.9. The molecule has 0 fully saturated rings. The number of hydrogen-bond acceptors (Lipinski definition) is 6. The van der Waals surface area contributed by atoms with Crippen LogP contribution in [0.4, 0.5) is 0 Å². The molecule has 1 amide bonds. The molecule has 0 rings (SSSR count). The molecule has 0 spiro atoms. The zero-order valence-electron chi connectivity index (χ0n) is 36.2. The third-order valence-electron chi connectivity index (χ3n) is 10.2. The highest BCUT2D eigenvalue weighted by atomic mass is 31.2. The number of aliphatic hydroxyl groups is 1. The number of aliphatic hydroxyl groups excluding tert-OH is 1. The van der Waals surface area contributed by atoms with Crippen LogP contribution in [0.15, 0.2) is 24.3 Å². The summed E-state index contributed by atoms with van der Waals surface area (Å²) in [5.74, 6) is -0.207. The number of phosphoric acid groups is 1. The van der Waals surface area contributed by atoms with Crippen molar-refractivity contribution in [1.29, 1.82) is 0 Å². The van der Waals surface area contributed by atoms with Gasteiger partial charge in [-0.25, -0.2) is 0 Å². The first-order valence-corrected chi connectivity index (χ1v) is 24.2. The Morgan fingerprint density at radius 3 is 1.50 bits per heavy atom. The van der Waals surface area contributed by atoms with Gasteiger partial charge in [0.15, 0.2) is 0 Å². The van der Waals surface area contributed by atoms with Crippen LogP contribution in [0.25, 0.3) is 0 Å². The highest BCUT2D eigenvalue weighted by molar-refractivity contribution is 7.45.